The molecule has 22 heavy (non-hydrogen) atoms. The lowest BCUT2D eigenvalue weighted by Crippen LogP contribution is -2.44. The summed E-state index contributed by atoms with van der Waals surface area (Å²) in [6, 6.07) is 10.1. The molecule has 1 aromatic heterocycles. The fourth-order valence-electron chi connectivity index (χ4n) is 2.45. The zero-order chi connectivity index (χ0) is 15.2. The van der Waals surface area contributed by atoms with Gasteiger partial charge in [0.15, 0.2) is 0 Å². The summed E-state index contributed by atoms with van der Waals surface area (Å²) in [5.41, 5.74) is 3.85. The van der Waals surface area contributed by atoms with Crippen molar-refractivity contribution >= 4 is 17.2 Å². The topological polar surface area (TPSA) is 63.2 Å². The lowest BCUT2D eigenvalue weighted by molar-refractivity contribution is -0.122. The highest BCUT2D eigenvalue weighted by Gasteiger charge is 2.17. The average Bonchev–Trinajstić information content (AvgIpc) is 3.03. The Bertz CT molecular complexity index is 609. The summed E-state index contributed by atoms with van der Waals surface area (Å²) in [6.45, 7) is 2.65. The van der Waals surface area contributed by atoms with Crippen molar-refractivity contribution in [3.05, 3.63) is 40.7 Å². The fourth-order valence-corrected chi connectivity index (χ4v) is 3.18. The second-order valence-corrected chi connectivity index (χ2v) is 6.14. The highest BCUT2D eigenvalue weighted by Crippen LogP contribution is 2.24. The van der Waals surface area contributed by atoms with Gasteiger partial charge in [0.05, 0.1) is 35.8 Å². The molecule has 5 nitrogen and oxygen atoms in total. The first-order valence-electron chi connectivity index (χ1n) is 7.38. The molecule has 1 amide bonds. The van der Waals surface area contributed by atoms with Gasteiger partial charge in [0.2, 0.25) is 5.91 Å². The molecule has 1 atom stereocenters. The van der Waals surface area contributed by atoms with Gasteiger partial charge in [-0.2, -0.15) is 0 Å². The van der Waals surface area contributed by atoms with E-state index in [-0.39, 0.29) is 11.9 Å². The van der Waals surface area contributed by atoms with Crippen LogP contribution in [-0.4, -0.2) is 36.7 Å². The number of nitrogens with zero attached hydrogens (tertiary/aromatic N) is 1. The lowest BCUT2D eigenvalue weighted by Gasteiger charge is -2.23. The van der Waals surface area contributed by atoms with Crippen molar-refractivity contribution in [1.29, 1.82) is 0 Å². The lowest BCUT2D eigenvalue weighted by atomic mass is 10.1. The van der Waals surface area contributed by atoms with Gasteiger partial charge in [0, 0.05) is 24.6 Å². The monoisotopic (exact) mass is 317 g/mol. The summed E-state index contributed by atoms with van der Waals surface area (Å²) >= 11 is 1.57. The summed E-state index contributed by atoms with van der Waals surface area (Å²) in [6.07, 6.45) is 0.444. The van der Waals surface area contributed by atoms with Crippen LogP contribution in [-0.2, 0) is 16.1 Å². The van der Waals surface area contributed by atoms with Gasteiger partial charge in [0.25, 0.3) is 0 Å². The van der Waals surface area contributed by atoms with Crippen LogP contribution in [0.25, 0.3) is 11.3 Å². The molecule has 1 aromatic carbocycles. The Morgan fingerprint density at radius 1 is 1.41 bits per heavy atom. The Kier molecular flexibility index (Phi) is 5.15. The third kappa shape index (κ3) is 3.91. The maximum atomic E-state index is 12.0. The van der Waals surface area contributed by atoms with Crippen molar-refractivity contribution in [1.82, 2.24) is 15.6 Å². The van der Waals surface area contributed by atoms with E-state index < -0.39 is 0 Å². The first kappa shape index (κ1) is 15.1. The van der Waals surface area contributed by atoms with Gasteiger partial charge in [-0.1, -0.05) is 30.3 Å². The molecule has 0 saturated carbocycles. The van der Waals surface area contributed by atoms with Crippen LogP contribution < -0.4 is 10.6 Å². The van der Waals surface area contributed by atoms with E-state index in [0.29, 0.717) is 19.6 Å². The molecule has 0 unspecified atom stereocenters. The van der Waals surface area contributed by atoms with Gasteiger partial charge in [0.1, 0.15) is 0 Å². The van der Waals surface area contributed by atoms with Gasteiger partial charge in [-0.3, -0.25) is 4.79 Å². The molecule has 2 aromatic rings. The minimum Gasteiger partial charge on any atom is -0.378 e. The van der Waals surface area contributed by atoms with E-state index in [2.05, 4.69) is 15.6 Å². The number of carbonyl (C=O) groups excluding carboxylic acids is 1. The smallest absolute Gasteiger partial charge is 0.221 e. The van der Waals surface area contributed by atoms with Crippen molar-refractivity contribution < 1.29 is 9.53 Å². The molecule has 116 valence electrons. The molecule has 1 saturated heterocycles. The molecule has 3 rings (SSSR count). The van der Waals surface area contributed by atoms with Crippen molar-refractivity contribution in [2.75, 3.05) is 19.8 Å². The number of amides is 1. The second-order valence-electron chi connectivity index (χ2n) is 5.20. The molecule has 1 fully saturated rings. The van der Waals surface area contributed by atoms with Gasteiger partial charge in [-0.25, -0.2) is 4.98 Å². The molecule has 0 spiro atoms. The number of hydrogen-bond donors (Lipinski definition) is 2. The van der Waals surface area contributed by atoms with E-state index in [1.54, 1.807) is 11.3 Å². The second kappa shape index (κ2) is 7.49. The van der Waals surface area contributed by atoms with E-state index in [1.807, 2.05) is 35.8 Å². The third-order valence-electron chi connectivity index (χ3n) is 3.56. The molecule has 0 bridgehead atoms. The van der Waals surface area contributed by atoms with E-state index in [4.69, 9.17) is 4.74 Å². The Labute approximate surface area is 133 Å². The van der Waals surface area contributed by atoms with Crippen LogP contribution in [0.15, 0.2) is 35.8 Å². The minimum atomic E-state index is 0.0374. The van der Waals surface area contributed by atoms with E-state index in [1.165, 1.54) is 0 Å². The van der Waals surface area contributed by atoms with Gasteiger partial charge < -0.3 is 15.4 Å². The SMILES string of the molecule is O=C(C[C@H]1COCCN1)NCc1scnc1-c1ccccc1. The van der Waals surface area contributed by atoms with Crippen LogP contribution in [0.2, 0.25) is 0 Å². The summed E-state index contributed by atoms with van der Waals surface area (Å²) < 4.78 is 5.36. The number of rotatable bonds is 5. The summed E-state index contributed by atoms with van der Waals surface area (Å²) in [7, 11) is 0. The Morgan fingerprint density at radius 2 is 2.27 bits per heavy atom. The summed E-state index contributed by atoms with van der Waals surface area (Å²) in [5, 5.41) is 6.26. The Morgan fingerprint density at radius 3 is 3.05 bits per heavy atom. The quantitative estimate of drug-likeness (QED) is 0.883. The summed E-state index contributed by atoms with van der Waals surface area (Å²) in [5.74, 6) is 0.0374. The molecule has 1 aliphatic heterocycles. The molecule has 0 radical (unpaired) electrons. The van der Waals surface area contributed by atoms with Gasteiger partial charge in [-0.15, -0.1) is 11.3 Å². The Balaban J connectivity index is 1.55. The highest BCUT2D eigenvalue weighted by molar-refractivity contribution is 7.10. The molecule has 1 aliphatic rings. The number of morpholine rings is 1. The third-order valence-corrected chi connectivity index (χ3v) is 4.40. The predicted octanol–water partition coefficient (Wildman–Crippen LogP) is 1.80. The van der Waals surface area contributed by atoms with Crippen LogP contribution >= 0.6 is 11.3 Å². The highest BCUT2D eigenvalue weighted by atomic mass is 32.1. The van der Waals surface area contributed by atoms with E-state index in [9.17, 15) is 4.79 Å². The zero-order valence-electron chi connectivity index (χ0n) is 12.2. The van der Waals surface area contributed by atoms with Crippen LogP contribution in [0.4, 0.5) is 0 Å². The first-order chi connectivity index (χ1) is 10.8. The molecule has 6 heteroatoms. The van der Waals surface area contributed by atoms with Crippen LogP contribution in [0, 0.1) is 0 Å². The van der Waals surface area contributed by atoms with Crippen LogP contribution in [0.5, 0.6) is 0 Å². The van der Waals surface area contributed by atoms with Gasteiger partial charge in [-0.05, 0) is 0 Å². The van der Waals surface area contributed by atoms with Gasteiger partial charge >= 0.3 is 0 Å². The van der Waals surface area contributed by atoms with Crippen LogP contribution in [0.3, 0.4) is 0 Å². The maximum Gasteiger partial charge on any atom is 0.221 e. The van der Waals surface area contributed by atoms with E-state index >= 15 is 0 Å². The number of benzene rings is 1. The fraction of sp³-hybridized carbons (Fsp3) is 0.375. The first-order valence-corrected chi connectivity index (χ1v) is 8.26. The molecular weight excluding hydrogens is 298 g/mol. The average molecular weight is 317 g/mol. The largest absolute Gasteiger partial charge is 0.378 e. The number of hydrogen-bond acceptors (Lipinski definition) is 5. The standard InChI is InChI=1S/C16H19N3O2S/c20-15(8-13-10-21-7-6-17-13)18-9-14-16(19-11-22-14)12-4-2-1-3-5-12/h1-5,11,13,17H,6-10H2,(H,18,20)/t13-/m0/s1. The summed E-state index contributed by atoms with van der Waals surface area (Å²) in [4.78, 5) is 17.5. The zero-order valence-corrected chi connectivity index (χ0v) is 13.1. The number of carbonyl (C=O) groups is 1. The number of thiazole rings is 1. The molecule has 0 aliphatic carbocycles. The van der Waals surface area contributed by atoms with Crippen molar-refractivity contribution in [2.45, 2.75) is 19.0 Å². The number of aromatic nitrogens is 1. The normalized spacial score (nSPS) is 18.1. The Hall–Kier alpha value is -1.76. The minimum absolute atomic E-state index is 0.0374. The van der Waals surface area contributed by atoms with Crippen molar-refractivity contribution in [3.8, 4) is 11.3 Å². The number of ether oxygens (including phenoxy) is 1. The molecule has 2 N–H and O–H groups in total. The maximum absolute atomic E-state index is 12.0. The molecule has 2 heterocycles. The molecular formula is C16H19N3O2S. The van der Waals surface area contributed by atoms with E-state index in [0.717, 1.165) is 29.3 Å². The van der Waals surface area contributed by atoms with Crippen LogP contribution in [0.1, 0.15) is 11.3 Å². The number of nitrogens with one attached hydrogen (secondary N) is 2. The van der Waals surface area contributed by atoms with Crippen molar-refractivity contribution in [3.63, 3.8) is 0 Å². The predicted molar refractivity (Wildman–Crippen MR) is 86.6 cm³/mol. The van der Waals surface area contributed by atoms with Crippen molar-refractivity contribution in [2.24, 2.45) is 0 Å².